The number of phosphoric acid groups is 1. The molecule has 0 saturated carbocycles. The zero-order valence-electron chi connectivity index (χ0n) is 3.72. The van der Waals surface area contributed by atoms with Crippen LogP contribution >= 0.6 is 7.82 Å². The molecule has 0 rings (SSSR count). The molecule has 0 aromatic heterocycles. The molecule has 8 heteroatoms. The van der Waals surface area contributed by atoms with Gasteiger partial charge in [0.05, 0.1) is 0 Å². The van der Waals surface area contributed by atoms with Crippen LogP contribution in [-0.2, 0) is 28.3 Å². The molecule has 0 radical (unpaired) electrons. The minimum atomic E-state index is -4.44. The van der Waals surface area contributed by atoms with E-state index in [0.29, 0.717) is 0 Å². The molecule has 50 valence electrons. The van der Waals surface area contributed by atoms with E-state index in [2.05, 4.69) is 3.45 Å². The van der Waals surface area contributed by atoms with Crippen molar-refractivity contribution in [2.75, 3.05) is 0 Å². The van der Waals surface area contributed by atoms with Crippen LogP contribution in [0.25, 0.3) is 0 Å². The van der Waals surface area contributed by atoms with Crippen LogP contribution in [0.15, 0.2) is 0 Å². The zero-order chi connectivity index (χ0) is 5.91. The fourth-order valence-corrected chi connectivity index (χ4v) is 0.537. The molecular formula is H5NO5PV. The third kappa shape index (κ3) is 9.68. The Morgan fingerprint density at radius 1 is 1.50 bits per heavy atom. The van der Waals surface area contributed by atoms with Crippen molar-refractivity contribution in [2.45, 2.75) is 0 Å². The molecule has 0 bridgehead atoms. The van der Waals surface area contributed by atoms with Crippen molar-refractivity contribution >= 4 is 7.82 Å². The summed E-state index contributed by atoms with van der Waals surface area (Å²) in [5.41, 5.74) is 0. The molecule has 0 atom stereocenters. The first-order valence-corrected chi connectivity index (χ1v) is 3.80. The van der Waals surface area contributed by atoms with Crippen LogP contribution in [0, 0.1) is 0 Å². The van der Waals surface area contributed by atoms with Gasteiger partial charge in [-0.05, 0) is 0 Å². The molecule has 0 aromatic rings. The number of hydrogen-bond acceptors (Lipinski definition) is 4. The van der Waals surface area contributed by atoms with Crippen LogP contribution in [-0.4, -0.2) is 9.79 Å². The topological polar surface area (TPSA) is 119 Å². The average molecular weight is 181 g/mol. The number of hydrogen-bond donors (Lipinski definition) is 3. The molecule has 0 unspecified atom stereocenters. The van der Waals surface area contributed by atoms with Gasteiger partial charge in [-0.1, -0.05) is 0 Å². The molecule has 6 nitrogen and oxygen atoms in total. The van der Waals surface area contributed by atoms with Crippen LogP contribution in [0.3, 0.4) is 0 Å². The van der Waals surface area contributed by atoms with Crippen LogP contribution in [0.5, 0.6) is 0 Å². The van der Waals surface area contributed by atoms with Crippen LogP contribution < -0.4 is 6.15 Å². The van der Waals surface area contributed by atoms with Gasteiger partial charge in [0.1, 0.15) is 0 Å². The van der Waals surface area contributed by atoms with E-state index in [-0.39, 0.29) is 6.15 Å². The van der Waals surface area contributed by atoms with Crippen LogP contribution in [0.2, 0.25) is 0 Å². The molecule has 0 spiro atoms. The van der Waals surface area contributed by atoms with Gasteiger partial charge < -0.3 is 6.15 Å². The first-order valence-electron chi connectivity index (χ1n) is 1.13. The third-order valence-electron chi connectivity index (χ3n) is 0.140. The van der Waals surface area contributed by atoms with E-state index in [0.717, 1.165) is 0 Å². The van der Waals surface area contributed by atoms with Gasteiger partial charge in [0, 0.05) is 0 Å². The average Bonchev–Trinajstić information content (AvgIpc) is 1.30. The van der Waals surface area contributed by atoms with Crippen molar-refractivity contribution in [3.8, 4) is 0 Å². The van der Waals surface area contributed by atoms with Crippen molar-refractivity contribution in [2.24, 2.45) is 0 Å². The summed E-state index contributed by atoms with van der Waals surface area (Å²) in [7, 11) is -4.44. The molecule has 0 fully saturated rings. The van der Waals surface area contributed by atoms with Crippen molar-refractivity contribution < 1.29 is 38.1 Å². The van der Waals surface area contributed by atoms with E-state index in [9.17, 15) is 8.24 Å². The van der Waals surface area contributed by atoms with Crippen molar-refractivity contribution in [1.29, 1.82) is 0 Å². The van der Waals surface area contributed by atoms with E-state index >= 15 is 0 Å². The van der Waals surface area contributed by atoms with Gasteiger partial charge in [0.2, 0.25) is 0 Å². The summed E-state index contributed by atoms with van der Waals surface area (Å²) in [5.74, 6) is 0. The van der Waals surface area contributed by atoms with Crippen LogP contribution in [0.4, 0.5) is 0 Å². The SMILES string of the molecule is N.[O]=[V][O]P(=O)(O)O. The van der Waals surface area contributed by atoms with Gasteiger partial charge in [-0.25, -0.2) is 0 Å². The Bertz CT molecular complexity index is 105. The van der Waals surface area contributed by atoms with Gasteiger partial charge >= 0.3 is 45.9 Å². The molecule has 0 heterocycles. The normalized spacial score (nSPS) is 9.75. The fraction of sp³-hybridized carbons (Fsp3) is 0. The maximum atomic E-state index is 9.53. The summed E-state index contributed by atoms with van der Waals surface area (Å²) in [5, 5.41) is 0. The minimum absolute atomic E-state index is 0. The fourth-order valence-electron chi connectivity index (χ4n) is 0.0434. The standard InChI is InChI=1S/H3N.H3O4P.O.V/c;1-5(2,3)4;;/h1H3;(H3,1,2,3,4);;/q;;;+1/p-1. The second-order valence-corrected chi connectivity index (χ2v) is 2.79. The molecule has 0 aliphatic heterocycles. The predicted octanol–water partition coefficient (Wildman–Crippen LogP) is -0.399. The quantitative estimate of drug-likeness (QED) is 0.498. The molecule has 0 aromatic carbocycles. The summed E-state index contributed by atoms with van der Waals surface area (Å²) in [6.07, 6.45) is 0. The Labute approximate surface area is 52.7 Å². The molecule has 8 heavy (non-hydrogen) atoms. The summed E-state index contributed by atoms with van der Waals surface area (Å²) in [6, 6.07) is 0. The van der Waals surface area contributed by atoms with Crippen molar-refractivity contribution in [3.63, 3.8) is 0 Å². The predicted molar refractivity (Wildman–Crippen MR) is 18.8 cm³/mol. The van der Waals surface area contributed by atoms with Gasteiger partial charge in [0.15, 0.2) is 0 Å². The van der Waals surface area contributed by atoms with E-state index in [4.69, 9.17) is 9.79 Å². The van der Waals surface area contributed by atoms with Crippen LogP contribution in [0.1, 0.15) is 0 Å². The Morgan fingerprint density at radius 3 is 1.88 bits per heavy atom. The van der Waals surface area contributed by atoms with Gasteiger partial charge in [0.25, 0.3) is 0 Å². The van der Waals surface area contributed by atoms with E-state index in [1.165, 1.54) is 0 Å². The molecule has 5 N–H and O–H groups in total. The van der Waals surface area contributed by atoms with E-state index in [1.54, 1.807) is 0 Å². The zero-order valence-corrected chi connectivity index (χ0v) is 6.01. The molecular weight excluding hydrogens is 176 g/mol. The Hall–Kier alpha value is 0.454. The Balaban J connectivity index is 0. The van der Waals surface area contributed by atoms with E-state index in [1.807, 2.05) is 0 Å². The molecule has 0 saturated heterocycles. The second kappa shape index (κ2) is 4.34. The Morgan fingerprint density at radius 2 is 1.88 bits per heavy atom. The Kier molecular flexibility index (Phi) is 6.12. The molecule has 0 amide bonds. The van der Waals surface area contributed by atoms with Gasteiger partial charge in [-0.15, -0.1) is 0 Å². The number of rotatable bonds is 2. The van der Waals surface area contributed by atoms with E-state index < -0.39 is 24.4 Å². The summed E-state index contributed by atoms with van der Waals surface area (Å²) in [4.78, 5) is 15.5. The first kappa shape index (κ1) is 11.3. The van der Waals surface area contributed by atoms with Gasteiger partial charge in [-0.3, -0.25) is 0 Å². The monoisotopic (exact) mass is 181 g/mol. The second-order valence-electron chi connectivity index (χ2n) is 0.647. The summed E-state index contributed by atoms with van der Waals surface area (Å²) >= 11 is -1.88. The molecule has 0 aliphatic rings. The first-order chi connectivity index (χ1) is 3.06. The summed E-state index contributed by atoms with van der Waals surface area (Å²) in [6.45, 7) is 0. The third-order valence-corrected chi connectivity index (χ3v) is 1.73. The van der Waals surface area contributed by atoms with Crippen molar-refractivity contribution in [1.82, 2.24) is 6.15 Å². The maximum absolute atomic E-state index is 9.53. The summed E-state index contributed by atoms with van der Waals surface area (Å²) < 4.78 is 22.3. The van der Waals surface area contributed by atoms with Gasteiger partial charge in [-0.2, -0.15) is 0 Å². The van der Waals surface area contributed by atoms with Crippen molar-refractivity contribution in [3.05, 3.63) is 0 Å². The molecule has 0 aliphatic carbocycles.